The molecule has 1 heterocycles. The molecule has 1 atom stereocenters. The molecule has 1 unspecified atom stereocenters. The zero-order chi connectivity index (χ0) is 18.6. The van der Waals surface area contributed by atoms with Gasteiger partial charge in [0.05, 0.1) is 11.6 Å². The fourth-order valence-electron chi connectivity index (χ4n) is 2.05. The number of amides is 2. The van der Waals surface area contributed by atoms with E-state index in [1.807, 2.05) is 5.32 Å². The Balaban J connectivity index is 1.97. The first-order valence-corrected chi connectivity index (χ1v) is 8.24. The molecule has 0 spiro atoms. The maximum absolute atomic E-state index is 12.3. The molecule has 0 fully saturated rings. The monoisotopic (exact) mass is 390 g/mol. The summed E-state index contributed by atoms with van der Waals surface area (Å²) in [4.78, 5) is 34.8. The van der Waals surface area contributed by atoms with E-state index in [0.29, 0.717) is 5.39 Å². The van der Waals surface area contributed by atoms with E-state index in [0.717, 1.165) is 16.0 Å². The molecule has 0 saturated heterocycles. The van der Waals surface area contributed by atoms with Gasteiger partial charge in [0, 0.05) is 16.5 Å². The summed E-state index contributed by atoms with van der Waals surface area (Å²) in [5.74, 6) is -3.08. The zero-order valence-corrected chi connectivity index (χ0v) is 14.2. The van der Waals surface area contributed by atoms with Crippen molar-refractivity contribution in [3.05, 3.63) is 34.2 Å². The quantitative estimate of drug-likeness (QED) is 0.677. The molecule has 0 aliphatic rings. The Morgan fingerprint density at radius 3 is 2.52 bits per heavy atom. The fraction of sp³-hybridized carbons (Fsp3) is 0.267. The van der Waals surface area contributed by atoms with Gasteiger partial charge in [0.15, 0.2) is 0 Å². The van der Waals surface area contributed by atoms with Gasteiger partial charge in [-0.2, -0.15) is 0 Å². The van der Waals surface area contributed by atoms with Crippen LogP contribution < -0.4 is 10.6 Å². The van der Waals surface area contributed by atoms with Crippen LogP contribution in [0.15, 0.2) is 24.3 Å². The van der Waals surface area contributed by atoms with E-state index in [-0.39, 0.29) is 9.90 Å². The highest BCUT2D eigenvalue weighted by Gasteiger charge is 2.24. The van der Waals surface area contributed by atoms with Crippen LogP contribution in [0.3, 0.4) is 0 Å². The van der Waals surface area contributed by atoms with Gasteiger partial charge in [-0.25, -0.2) is 13.6 Å². The van der Waals surface area contributed by atoms with Crippen molar-refractivity contribution in [1.29, 1.82) is 0 Å². The Kier molecular flexibility index (Phi) is 6.27. The van der Waals surface area contributed by atoms with Gasteiger partial charge in [-0.15, -0.1) is 11.3 Å². The van der Waals surface area contributed by atoms with Crippen LogP contribution in [-0.4, -0.2) is 41.9 Å². The number of carboxylic acids is 1. The molecular weight excluding hydrogens is 378 g/mol. The Labute approximate surface area is 149 Å². The summed E-state index contributed by atoms with van der Waals surface area (Å²) >= 11 is 7.28. The number of hydrogen-bond acceptors (Lipinski definition) is 4. The van der Waals surface area contributed by atoms with Gasteiger partial charge in [0.2, 0.25) is 12.3 Å². The van der Waals surface area contributed by atoms with Crippen LogP contribution >= 0.6 is 22.9 Å². The Hall–Kier alpha value is -2.26. The molecule has 25 heavy (non-hydrogen) atoms. The molecule has 10 heteroatoms. The van der Waals surface area contributed by atoms with E-state index < -0.39 is 43.2 Å². The summed E-state index contributed by atoms with van der Waals surface area (Å²) in [6.45, 7) is -0.559. The van der Waals surface area contributed by atoms with Gasteiger partial charge in [-0.3, -0.25) is 9.59 Å². The normalized spacial score (nSPS) is 12.2. The topological polar surface area (TPSA) is 95.5 Å². The van der Waals surface area contributed by atoms with Crippen molar-refractivity contribution in [2.24, 2.45) is 0 Å². The van der Waals surface area contributed by atoms with Crippen molar-refractivity contribution in [3.63, 3.8) is 0 Å². The summed E-state index contributed by atoms with van der Waals surface area (Å²) in [6, 6.07) is 5.37. The SMILES string of the molecule is O=C(CNC(=O)c1sc2ccccc2c1Cl)NC(CC(F)F)C(=O)O. The molecule has 1 aromatic heterocycles. The van der Waals surface area contributed by atoms with E-state index in [1.165, 1.54) is 0 Å². The number of benzene rings is 1. The van der Waals surface area contributed by atoms with Crippen LogP contribution in [0.2, 0.25) is 5.02 Å². The lowest BCUT2D eigenvalue weighted by molar-refractivity contribution is -0.142. The molecule has 6 nitrogen and oxygen atoms in total. The lowest BCUT2D eigenvalue weighted by Crippen LogP contribution is -2.46. The van der Waals surface area contributed by atoms with E-state index in [4.69, 9.17) is 16.7 Å². The van der Waals surface area contributed by atoms with Gasteiger partial charge in [0.1, 0.15) is 10.9 Å². The lowest BCUT2D eigenvalue weighted by atomic mass is 10.2. The molecular formula is C15H13ClF2N2O4S. The number of fused-ring (bicyclic) bond motifs is 1. The summed E-state index contributed by atoms with van der Waals surface area (Å²) in [7, 11) is 0. The van der Waals surface area contributed by atoms with Crippen molar-refractivity contribution in [3.8, 4) is 0 Å². The minimum atomic E-state index is -2.88. The second-order valence-corrected chi connectivity index (χ2v) is 6.44. The highest BCUT2D eigenvalue weighted by Crippen LogP contribution is 2.34. The summed E-state index contributed by atoms with van der Waals surface area (Å²) in [5.41, 5.74) is 0. The Morgan fingerprint density at radius 1 is 1.24 bits per heavy atom. The van der Waals surface area contributed by atoms with E-state index in [2.05, 4.69) is 5.32 Å². The number of carboxylic acid groups (broad SMARTS) is 1. The molecule has 0 saturated carbocycles. The van der Waals surface area contributed by atoms with E-state index in [9.17, 15) is 23.2 Å². The van der Waals surface area contributed by atoms with Crippen LogP contribution in [0.5, 0.6) is 0 Å². The molecule has 1 aromatic carbocycles. The molecule has 2 aromatic rings. The molecule has 0 aliphatic carbocycles. The highest BCUT2D eigenvalue weighted by molar-refractivity contribution is 7.21. The van der Waals surface area contributed by atoms with E-state index >= 15 is 0 Å². The van der Waals surface area contributed by atoms with Crippen molar-refractivity contribution >= 4 is 50.8 Å². The first-order chi connectivity index (χ1) is 11.8. The largest absolute Gasteiger partial charge is 0.480 e. The molecule has 134 valence electrons. The number of halogens is 3. The minimum absolute atomic E-state index is 0.207. The number of hydrogen-bond donors (Lipinski definition) is 3. The first-order valence-electron chi connectivity index (χ1n) is 7.05. The van der Waals surface area contributed by atoms with Gasteiger partial charge >= 0.3 is 5.97 Å². The minimum Gasteiger partial charge on any atom is -0.480 e. The second kappa shape index (κ2) is 8.21. The van der Waals surface area contributed by atoms with Crippen molar-refractivity contribution in [2.75, 3.05) is 6.54 Å². The molecule has 0 aliphatic heterocycles. The first kappa shape index (κ1) is 19.1. The van der Waals surface area contributed by atoms with Crippen molar-refractivity contribution in [1.82, 2.24) is 10.6 Å². The molecule has 3 N–H and O–H groups in total. The summed E-state index contributed by atoms with van der Waals surface area (Å²) in [5, 5.41) is 14.0. The van der Waals surface area contributed by atoms with Gasteiger partial charge < -0.3 is 15.7 Å². The van der Waals surface area contributed by atoms with Gasteiger partial charge in [-0.1, -0.05) is 29.8 Å². The third-order valence-corrected chi connectivity index (χ3v) is 4.87. The van der Waals surface area contributed by atoms with Crippen LogP contribution in [0.1, 0.15) is 16.1 Å². The van der Waals surface area contributed by atoms with Crippen molar-refractivity contribution < 1.29 is 28.3 Å². The number of rotatable bonds is 7. The molecule has 0 radical (unpaired) electrons. The number of carbonyl (C=O) groups excluding carboxylic acids is 2. The maximum Gasteiger partial charge on any atom is 0.326 e. The fourth-order valence-corrected chi connectivity index (χ4v) is 3.48. The third kappa shape index (κ3) is 4.86. The van der Waals surface area contributed by atoms with Crippen LogP contribution in [0.4, 0.5) is 8.78 Å². The zero-order valence-electron chi connectivity index (χ0n) is 12.6. The standard InChI is InChI=1S/C15H13ClF2N2O4S/c16-12-7-3-1-2-4-9(7)25-13(12)14(22)19-6-11(21)20-8(15(23)24)5-10(17)18/h1-4,8,10H,5-6H2,(H,19,22)(H,20,21)(H,23,24). The number of thiophene rings is 1. The molecule has 2 rings (SSSR count). The molecule has 2 amide bonds. The highest BCUT2D eigenvalue weighted by atomic mass is 35.5. The predicted molar refractivity (Wildman–Crippen MR) is 89.4 cm³/mol. The lowest BCUT2D eigenvalue weighted by Gasteiger charge is -2.14. The van der Waals surface area contributed by atoms with Gasteiger partial charge in [0.25, 0.3) is 5.91 Å². The maximum atomic E-state index is 12.3. The van der Waals surface area contributed by atoms with Crippen molar-refractivity contribution in [2.45, 2.75) is 18.9 Å². The molecule has 0 bridgehead atoms. The average molecular weight is 391 g/mol. The number of alkyl halides is 2. The van der Waals surface area contributed by atoms with Crippen LogP contribution in [0.25, 0.3) is 10.1 Å². The average Bonchev–Trinajstić information content (AvgIpc) is 2.89. The van der Waals surface area contributed by atoms with Crippen LogP contribution in [-0.2, 0) is 9.59 Å². The summed E-state index contributed by atoms with van der Waals surface area (Å²) < 4.78 is 25.4. The number of nitrogens with one attached hydrogen (secondary N) is 2. The summed E-state index contributed by atoms with van der Waals surface area (Å²) in [6.07, 6.45) is -3.90. The second-order valence-electron chi connectivity index (χ2n) is 5.01. The van der Waals surface area contributed by atoms with Gasteiger partial charge in [-0.05, 0) is 6.07 Å². The third-order valence-electron chi connectivity index (χ3n) is 3.20. The van der Waals surface area contributed by atoms with Crippen LogP contribution in [0, 0.1) is 0 Å². The number of carbonyl (C=O) groups is 3. The predicted octanol–water partition coefficient (Wildman–Crippen LogP) is 2.51. The van der Waals surface area contributed by atoms with E-state index in [1.54, 1.807) is 24.3 Å². The Morgan fingerprint density at radius 2 is 1.92 bits per heavy atom. The number of aliphatic carboxylic acids is 1. The smallest absolute Gasteiger partial charge is 0.326 e. The Bertz CT molecular complexity index is 812.